The van der Waals surface area contributed by atoms with E-state index in [9.17, 15) is 22.8 Å². The number of nitrogens with zero attached hydrogens (tertiary/aromatic N) is 3. The molecule has 0 spiro atoms. The third kappa shape index (κ3) is 4.11. The van der Waals surface area contributed by atoms with E-state index in [2.05, 4.69) is 4.90 Å². The third-order valence-corrected chi connectivity index (χ3v) is 6.46. The van der Waals surface area contributed by atoms with Crippen molar-refractivity contribution >= 4 is 17.5 Å². The first-order valence-corrected chi connectivity index (χ1v) is 10.6. The molecule has 0 bridgehead atoms. The second kappa shape index (κ2) is 8.24. The van der Waals surface area contributed by atoms with E-state index in [1.165, 1.54) is 17.0 Å². The smallest absolute Gasteiger partial charge is 0.340 e. The summed E-state index contributed by atoms with van der Waals surface area (Å²) in [6.45, 7) is 6.54. The second-order valence-corrected chi connectivity index (χ2v) is 8.65. The number of likely N-dealkylation sites (N-methyl/N-ethyl adjacent to an activating group) is 1. The third-order valence-electron chi connectivity index (χ3n) is 6.46. The van der Waals surface area contributed by atoms with Crippen LogP contribution in [0.5, 0.6) is 0 Å². The fraction of sp³-hybridized carbons (Fsp3) is 0.417. The van der Waals surface area contributed by atoms with E-state index in [0.717, 1.165) is 36.3 Å². The van der Waals surface area contributed by atoms with E-state index in [1.54, 1.807) is 11.0 Å². The summed E-state index contributed by atoms with van der Waals surface area (Å²) in [4.78, 5) is 31.7. The molecule has 0 aromatic heterocycles. The maximum absolute atomic E-state index is 13.3. The minimum Gasteiger partial charge on any atom is -0.340 e. The lowest BCUT2D eigenvalue weighted by Crippen LogP contribution is -2.47. The van der Waals surface area contributed by atoms with E-state index < -0.39 is 17.8 Å². The van der Waals surface area contributed by atoms with Gasteiger partial charge in [0.2, 0.25) is 5.91 Å². The van der Waals surface area contributed by atoms with Gasteiger partial charge >= 0.3 is 6.18 Å². The molecular formula is C24H26F3N3O2. The largest absolute Gasteiger partial charge is 0.416 e. The molecule has 0 N–H and O–H groups in total. The number of benzene rings is 2. The summed E-state index contributed by atoms with van der Waals surface area (Å²) >= 11 is 0. The average Bonchev–Trinajstić information content (AvgIpc) is 2.99. The SMILES string of the molecule is Cc1cc2c(cc1C)C(CC(=O)N1CCN(C)CC1)N(c1cccc(C(F)(F)F)c1)C2=O. The van der Waals surface area contributed by atoms with Crippen LogP contribution < -0.4 is 4.90 Å². The first-order chi connectivity index (χ1) is 15.1. The van der Waals surface area contributed by atoms with E-state index in [0.29, 0.717) is 24.2 Å². The van der Waals surface area contributed by atoms with E-state index in [4.69, 9.17) is 0 Å². The van der Waals surface area contributed by atoms with Crippen molar-refractivity contribution in [1.29, 1.82) is 0 Å². The van der Waals surface area contributed by atoms with Crippen LogP contribution in [-0.2, 0) is 11.0 Å². The monoisotopic (exact) mass is 445 g/mol. The highest BCUT2D eigenvalue weighted by Gasteiger charge is 2.41. The highest BCUT2D eigenvalue weighted by Crippen LogP contribution is 2.42. The number of halogens is 3. The van der Waals surface area contributed by atoms with Crippen LogP contribution in [0.25, 0.3) is 0 Å². The zero-order chi connectivity index (χ0) is 23.2. The summed E-state index contributed by atoms with van der Waals surface area (Å²) in [6, 6.07) is 7.77. The van der Waals surface area contributed by atoms with E-state index in [1.807, 2.05) is 27.0 Å². The molecule has 1 unspecified atom stereocenters. The summed E-state index contributed by atoms with van der Waals surface area (Å²) in [6.07, 6.45) is -4.49. The average molecular weight is 445 g/mol. The quantitative estimate of drug-likeness (QED) is 0.712. The number of hydrogen-bond acceptors (Lipinski definition) is 3. The maximum Gasteiger partial charge on any atom is 0.416 e. The number of hydrogen-bond donors (Lipinski definition) is 0. The normalized spacial score (nSPS) is 19.4. The van der Waals surface area contributed by atoms with Gasteiger partial charge in [-0.2, -0.15) is 13.2 Å². The number of carbonyl (C=O) groups is 2. The van der Waals surface area contributed by atoms with Crippen molar-refractivity contribution in [3.8, 4) is 0 Å². The van der Waals surface area contributed by atoms with Crippen molar-refractivity contribution < 1.29 is 22.8 Å². The van der Waals surface area contributed by atoms with Gasteiger partial charge < -0.3 is 14.7 Å². The summed E-state index contributed by atoms with van der Waals surface area (Å²) in [5.41, 5.74) is 2.36. The fourth-order valence-electron chi connectivity index (χ4n) is 4.39. The number of aryl methyl sites for hydroxylation is 2. The molecule has 2 aliphatic heterocycles. The van der Waals surface area contributed by atoms with Crippen LogP contribution in [0.3, 0.4) is 0 Å². The van der Waals surface area contributed by atoms with Gasteiger partial charge in [-0.1, -0.05) is 12.1 Å². The van der Waals surface area contributed by atoms with Crippen molar-refractivity contribution in [3.63, 3.8) is 0 Å². The number of alkyl halides is 3. The van der Waals surface area contributed by atoms with Crippen LogP contribution in [0.2, 0.25) is 0 Å². The number of rotatable bonds is 3. The number of fused-ring (bicyclic) bond motifs is 1. The highest BCUT2D eigenvalue weighted by atomic mass is 19.4. The van der Waals surface area contributed by atoms with Crippen LogP contribution >= 0.6 is 0 Å². The van der Waals surface area contributed by atoms with Gasteiger partial charge in [0.1, 0.15) is 0 Å². The summed E-state index contributed by atoms with van der Waals surface area (Å²) in [5.74, 6) is -0.474. The molecule has 32 heavy (non-hydrogen) atoms. The van der Waals surface area contributed by atoms with Gasteiger partial charge in [0.15, 0.2) is 0 Å². The van der Waals surface area contributed by atoms with Gasteiger partial charge in [-0.15, -0.1) is 0 Å². The standard InChI is InChI=1S/C24H26F3N3O2/c1-15-11-19-20(12-16(15)2)23(32)30(18-6-4-5-17(13-18)24(25,26)27)21(19)14-22(31)29-9-7-28(3)8-10-29/h4-6,11-13,21H,7-10,14H2,1-3H3. The lowest BCUT2D eigenvalue weighted by atomic mass is 9.96. The summed E-state index contributed by atoms with van der Waals surface area (Å²) in [7, 11) is 1.99. The lowest BCUT2D eigenvalue weighted by Gasteiger charge is -2.34. The predicted molar refractivity (Wildman–Crippen MR) is 116 cm³/mol. The minimum absolute atomic E-state index is 0.0290. The highest BCUT2D eigenvalue weighted by molar-refractivity contribution is 6.11. The Bertz CT molecular complexity index is 1060. The molecule has 1 fully saturated rings. The first kappa shape index (κ1) is 22.3. The molecule has 2 amide bonds. The molecule has 2 aromatic carbocycles. The molecule has 1 saturated heterocycles. The maximum atomic E-state index is 13.3. The minimum atomic E-state index is -4.52. The lowest BCUT2D eigenvalue weighted by molar-refractivity contribution is -0.137. The van der Waals surface area contributed by atoms with Crippen LogP contribution in [0, 0.1) is 13.8 Å². The number of amides is 2. The fourth-order valence-corrected chi connectivity index (χ4v) is 4.39. The molecule has 2 aliphatic rings. The molecule has 0 aliphatic carbocycles. The Morgan fingerprint density at radius 1 is 1.03 bits per heavy atom. The molecule has 0 saturated carbocycles. The van der Waals surface area contributed by atoms with E-state index >= 15 is 0 Å². The molecule has 2 aromatic rings. The van der Waals surface area contributed by atoms with Crippen molar-refractivity contribution in [3.05, 3.63) is 64.2 Å². The Kier molecular flexibility index (Phi) is 5.75. The number of carbonyl (C=O) groups excluding carboxylic acids is 2. The molecular weight excluding hydrogens is 419 g/mol. The Morgan fingerprint density at radius 2 is 1.69 bits per heavy atom. The number of piperazine rings is 1. The molecule has 8 heteroatoms. The topological polar surface area (TPSA) is 43.9 Å². The molecule has 1 atom stereocenters. The van der Waals surface area contributed by atoms with Gasteiger partial charge in [0.05, 0.1) is 18.0 Å². The van der Waals surface area contributed by atoms with Crippen molar-refractivity contribution in [1.82, 2.24) is 9.80 Å². The van der Waals surface area contributed by atoms with E-state index in [-0.39, 0.29) is 23.9 Å². The predicted octanol–water partition coefficient (Wildman–Crippen LogP) is 4.19. The Balaban J connectivity index is 1.73. The van der Waals surface area contributed by atoms with Crippen LogP contribution in [0.4, 0.5) is 18.9 Å². The van der Waals surface area contributed by atoms with Crippen molar-refractivity contribution in [2.75, 3.05) is 38.1 Å². The van der Waals surface area contributed by atoms with Crippen LogP contribution in [-0.4, -0.2) is 54.8 Å². The summed E-state index contributed by atoms with van der Waals surface area (Å²) in [5, 5.41) is 0. The van der Waals surface area contributed by atoms with Gasteiger partial charge in [-0.25, -0.2) is 0 Å². The van der Waals surface area contributed by atoms with Gasteiger partial charge in [-0.3, -0.25) is 9.59 Å². The zero-order valence-electron chi connectivity index (χ0n) is 18.4. The van der Waals surface area contributed by atoms with Crippen LogP contribution in [0.1, 0.15) is 45.1 Å². The zero-order valence-corrected chi connectivity index (χ0v) is 18.4. The second-order valence-electron chi connectivity index (χ2n) is 8.65. The summed E-state index contributed by atoms with van der Waals surface area (Å²) < 4.78 is 40.0. The Hall–Kier alpha value is -2.87. The molecule has 5 nitrogen and oxygen atoms in total. The first-order valence-electron chi connectivity index (χ1n) is 10.6. The molecule has 4 rings (SSSR count). The Morgan fingerprint density at radius 3 is 2.34 bits per heavy atom. The van der Waals surface area contributed by atoms with Crippen molar-refractivity contribution in [2.24, 2.45) is 0 Å². The molecule has 2 heterocycles. The molecule has 0 radical (unpaired) electrons. The van der Waals surface area contributed by atoms with Crippen molar-refractivity contribution in [2.45, 2.75) is 32.5 Å². The van der Waals surface area contributed by atoms with Gasteiger partial charge in [0.25, 0.3) is 5.91 Å². The van der Waals surface area contributed by atoms with Crippen LogP contribution in [0.15, 0.2) is 36.4 Å². The van der Waals surface area contributed by atoms with Gasteiger partial charge in [-0.05, 0) is 61.9 Å². The molecule has 170 valence electrons. The van der Waals surface area contributed by atoms with Gasteiger partial charge in [0, 0.05) is 37.4 Å². The number of anilines is 1. The Labute approximate surface area is 185 Å².